The lowest BCUT2D eigenvalue weighted by molar-refractivity contribution is -0.138. The third-order valence-corrected chi connectivity index (χ3v) is 3.62. The maximum atomic E-state index is 12.4. The van der Waals surface area contributed by atoms with Gasteiger partial charge in [0.25, 0.3) is 0 Å². The van der Waals surface area contributed by atoms with E-state index in [0.29, 0.717) is 6.54 Å². The minimum absolute atomic E-state index is 0.00501. The molecule has 1 amide bonds. The summed E-state index contributed by atoms with van der Waals surface area (Å²) < 4.78 is 0. The number of hydrogen-bond donors (Lipinski definition) is 2. The fraction of sp³-hybridized carbons (Fsp3) is 0.500. The first kappa shape index (κ1) is 15.4. The van der Waals surface area contributed by atoms with Crippen LogP contribution in [0.2, 0.25) is 0 Å². The summed E-state index contributed by atoms with van der Waals surface area (Å²) in [5.74, 6) is -0.855. The minimum atomic E-state index is -0.874. The minimum Gasteiger partial charge on any atom is -0.508 e. The van der Waals surface area contributed by atoms with E-state index < -0.39 is 5.97 Å². The van der Waals surface area contributed by atoms with Gasteiger partial charge in [0.1, 0.15) is 5.75 Å². The second-order valence-electron chi connectivity index (χ2n) is 5.83. The van der Waals surface area contributed by atoms with Crippen molar-refractivity contribution in [3.8, 4) is 5.75 Å². The Kier molecular flexibility index (Phi) is 4.83. The van der Waals surface area contributed by atoms with E-state index >= 15 is 0 Å². The molecule has 0 aliphatic heterocycles. The molecule has 1 aliphatic rings. The molecular formula is C16H21NO4. The van der Waals surface area contributed by atoms with Gasteiger partial charge in [-0.15, -0.1) is 0 Å². The van der Waals surface area contributed by atoms with Gasteiger partial charge < -0.3 is 15.1 Å². The average Bonchev–Trinajstić information content (AvgIpc) is 3.18. The number of nitrogens with zero attached hydrogens (tertiary/aromatic N) is 1. The van der Waals surface area contributed by atoms with E-state index in [4.69, 9.17) is 5.11 Å². The van der Waals surface area contributed by atoms with E-state index in [1.165, 1.54) is 0 Å². The number of carbonyl (C=O) groups is 2. The second-order valence-corrected chi connectivity index (χ2v) is 5.83. The summed E-state index contributed by atoms with van der Waals surface area (Å²) >= 11 is 0. The first-order valence-electron chi connectivity index (χ1n) is 7.25. The van der Waals surface area contributed by atoms with Gasteiger partial charge in [-0.05, 0) is 36.5 Å². The summed E-state index contributed by atoms with van der Waals surface area (Å²) in [4.78, 5) is 24.9. The Labute approximate surface area is 124 Å². The van der Waals surface area contributed by atoms with Crippen molar-refractivity contribution in [3.05, 3.63) is 29.8 Å². The van der Waals surface area contributed by atoms with Gasteiger partial charge in [0.15, 0.2) is 0 Å². The summed E-state index contributed by atoms with van der Waals surface area (Å²) in [6, 6.07) is 7.15. The lowest BCUT2D eigenvalue weighted by atomic mass is 10.0. The van der Waals surface area contributed by atoms with Crippen LogP contribution in [0.3, 0.4) is 0 Å². The molecule has 0 radical (unpaired) electrons. The molecule has 1 aliphatic carbocycles. The van der Waals surface area contributed by atoms with Gasteiger partial charge >= 0.3 is 5.97 Å². The van der Waals surface area contributed by atoms with Crippen LogP contribution in [0.4, 0.5) is 0 Å². The smallest absolute Gasteiger partial charge is 0.303 e. The molecule has 0 bridgehead atoms. The molecule has 1 saturated carbocycles. The van der Waals surface area contributed by atoms with Crippen LogP contribution >= 0.6 is 0 Å². The first-order valence-corrected chi connectivity index (χ1v) is 7.25. The number of phenolic OH excluding ortho intramolecular Hbond substituents is 1. The van der Waals surface area contributed by atoms with Crippen molar-refractivity contribution in [2.45, 2.75) is 45.2 Å². The van der Waals surface area contributed by atoms with Gasteiger partial charge in [-0.1, -0.05) is 19.1 Å². The lowest BCUT2D eigenvalue weighted by Gasteiger charge is -2.24. The van der Waals surface area contributed by atoms with Gasteiger partial charge in [-0.25, -0.2) is 0 Å². The van der Waals surface area contributed by atoms with Crippen LogP contribution in [0.25, 0.3) is 0 Å². The highest BCUT2D eigenvalue weighted by Gasteiger charge is 2.33. The molecule has 1 atom stereocenters. The molecule has 5 nitrogen and oxygen atoms in total. The molecule has 0 aromatic heterocycles. The van der Waals surface area contributed by atoms with Crippen LogP contribution in [-0.2, 0) is 16.1 Å². The number of aromatic hydroxyl groups is 1. The number of phenols is 1. The van der Waals surface area contributed by atoms with Gasteiger partial charge in [0, 0.05) is 25.4 Å². The Bertz CT molecular complexity index is 525. The number of rotatable bonds is 7. The van der Waals surface area contributed by atoms with Crippen molar-refractivity contribution >= 4 is 11.9 Å². The number of aliphatic carboxylic acids is 1. The van der Waals surface area contributed by atoms with E-state index in [1.807, 2.05) is 11.0 Å². The Balaban J connectivity index is 1.98. The number of carbonyl (C=O) groups excluding carboxylic acids is 1. The van der Waals surface area contributed by atoms with Gasteiger partial charge in [0.05, 0.1) is 0 Å². The van der Waals surface area contributed by atoms with Crippen LogP contribution in [0, 0.1) is 5.92 Å². The topological polar surface area (TPSA) is 77.8 Å². The Hall–Kier alpha value is -2.04. The molecule has 1 unspecified atom stereocenters. The monoisotopic (exact) mass is 291 g/mol. The third-order valence-electron chi connectivity index (χ3n) is 3.62. The standard InChI is InChI=1S/C16H21NO4/c1-11(8-16(20)21)7-15(19)17(13-5-6-13)10-12-3-2-4-14(18)9-12/h2-4,9,11,13,18H,5-8,10H2,1H3,(H,20,21). The fourth-order valence-electron chi connectivity index (χ4n) is 2.44. The Morgan fingerprint density at radius 3 is 2.62 bits per heavy atom. The van der Waals surface area contributed by atoms with Crippen molar-refractivity contribution in [1.29, 1.82) is 0 Å². The van der Waals surface area contributed by atoms with Crippen LogP contribution in [0.1, 0.15) is 38.2 Å². The molecule has 1 fully saturated rings. The highest BCUT2D eigenvalue weighted by Crippen LogP contribution is 2.30. The second kappa shape index (κ2) is 6.61. The van der Waals surface area contributed by atoms with E-state index in [1.54, 1.807) is 25.1 Å². The molecule has 0 spiro atoms. The number of carboxylic acids is 1. The highest BCUT2D eigenvalue weighted by molar-refractivity contribution is 5.78. The predicted molar refractivity (Wildman–Crippen MR) is 77.7 cm³/mol. The number of hydrogen-bond acceptors (Lipinski definition) is 3. The number of amides is 1. The van der Waals surface area contributed by atoms with E-state index in [9.17, 15) is 14.7 Å². The van der Waals surface area contributed by atoms with Crippen LogP contribution < -0.4 is 0 Å². The summed E-state index contributed by atoms with van der Waals surface area (Å²) in [6.45, 7) is 2.25. The average molecular weight is 291 g/mol. The maximum absolute atomic E-state index is 12.4. The molecule has 1 aromatic carbocycles. The highest BCUT2D eigenvalue weighted by atomic mass is 16.4. The predicted octanol–water partition coefficient (Wildman–Crippen LogP) is 2.38. The SMILES string of the molecule is CC(CC(=O)O)CC(=O)N(Cc1cccc(O)c1)C1CC1. The van der Waals surface area contributed by atoms with Crippen molar-refractivity contribution in [1.82, 2.24) is 4.90 Å². The molecular weight excluding hydrogens is 270 g/mol. The van der Waals surface area contributed by atoms with Crippen molar-refractivity contribution in [3.63, 3.8) is 0 Å². The van der Waals surface area contributed by atoms with Crippen molar-refractivity contribution in [2.24, 2.45) is 5.92 Å². The van der Waals surface area contributed by atoms with Crippen LogP contribution in [0.5, 0.6) is 5.75 Å². The summed E-state index contributed by atoms with van der Waals surface area (Å²) in [5.41, 5.74) is 0.890. The lowest BCUT2D eigenvalue weighted by Crippen LogP contribution is -2.33. The summed E-state index contributed by atoms with van der Waals surface area (Å²) in [6.07, 6.45) is 2.26. The van der Waals surface area contributed by atoms with Gasteiger partial charge in [0.2, 0.25) is 5.91 Å². The van der Waals surface area contributed by atoms with E-state index in [-0.39, 0.29) is 36.5 Å². The number of carboxylic acid groups (broad SMARTS) is 1. The fourth-order valence-corrected chi connectivity index (χ4v) is 2.44. The zero-order valence-electron chi connectivity index (χ0n) is 12.2. The Morgan fingerprint density at radius 2 is 2.05 bits per heavy atom. The maximum Gasteiger partial charge on any atom is 0.303 e. The molecule has 1 aromatic rings. The normalized spacial score (nSPS) is 15.5. The molecule has 2 N–H and O–H groups in total. The molecule has 2 rings (SSSR count). The molecule has 5 heteroatoms. The summed E-state index contributed by atoms with van der Waals surface area (Å²) in [7, 11) is 0. The van der Waals surface area contributed by atoms with Crippen molar-refractivity contribution in [2.75, 3.05) is 0 Å². The quantitative estimate of drug-likeness (QED) is 0.808. The molecule has 0 saturated heterocycles. The summed E-state index contributed by atoms with van der Waals surface area (Å²) in [5, 5.41) is 18.3. The van der Waals surface area contributed by atoms with Gasteiger partial charge in [-0.2, -0.15) is 0 Å². The van der Waals surface area contributed by atoms with E-state index in [0.717, 1.165) is 18.4 Å². The van der Waals surface area contributed by atoms with E-state index in [2.05, 4.69) is 0 Å². The van der Waals surface area contributed by atoms with Crippen LogP contribution in [0.15, 0.2) is 24.3 Å². The molecule has 0 heterocycles. The zero-order chi connectivity index (χ0) is 15.4. The number of benzene rings is 1. The third kappa shape index (κ3) is 4.77. The first-order chi connectivity index (χ1) is 9.95. The molecule has 21 heavy (non-hydrogen) atoms. The molecule has 114 valence electrons. The van der Waals surface area contributed by atoms with Crippen molar-refractivity contribution < 1.29 is 19.8 Å². The zero-order valence-corrected chi connectivity index (χ0v) is 12.2. The van der Waals surface area contributed by atoms with Crippen LogP contribution in [-0.4, -0.2) is 33.0 Å². The Morgan fingerprint density at radius 1 is 1.33 bits per heavy atom. The van der Waals surface area contributed by atoms with Gasteiger partial charge in [-0.3, -0.25) is 9.59 Å². The largest absolute Gasteiger partial charge is 0.508 e.